The van der Waals surface area contributed by atoms with Gasteiger partial charge in [-0.15, -0.1) is 0 Å². The minimum absolute atomic E-state index is 0.620. The fourth-order valence-electron chi connectivity index (χ4n) is 2.17. The van der Waals surface area contributed by atoms with Crippen LogP contribution in [0.3, 0.4) is 0 Å². The van der Waals surface area contributed by atoms with Crippen LogP contribution < -0.4 is 5.73 Å². The van der Waals surface area contributed by atoms with Gasteiger partial charge in [-0.25, -0.2) is 0 Å². The molecule has 2 N–H and O–H groups in total. The molecule has 5 heteroatoms. The Labute approximate surface area is 115 Å². The highest BCUT2D eigenvalue weighted by atomic mass is 35.5. The van der Waals surface area contributed by atoms with E-state index in [4.69, 9.17) is 17.3 Å². The van der Waals surface area contributed by atoms with Crippen LogP contribution in [0.2, 0.25) is 5.02 Å². The first kappa shape index (κ1) is 15.5. The molecule has 4 nitrogen and oxygen atoms in total. The third-order valence-corrected chi connectivity index (χ3v) is 3.39. The van der Waals surface area contributed by atoms with Gasteiger partial charge in [0.1, 0.15) is 0 Å². The van der Waals surface area contributed by atoms with Crippen LogP contribution in [0.1, 0.15) is 32.2 Å². The zero-order valence-corrected chi connectivity index (χ0v) is 12.7. The van der Waals surface area contributed by atoms with E-state index in [1.807, 2.05) is 11.6 Å². The number of aryl methyl sites for hydroxylation is 2. The van der Waals surface area contributed by atoms with Crippen molar-refractivity contribution in [2.24, 2.45) is 11.7 Å². The topological polar surface area (TPSA) is 47.1 Å². The molecule has 0 radical (unpaired) electrons. The molecular formula is C13H25ClN4. The zero-order valence-electron chi connectivity index (χ0n) is 11.9. The Bertz CT molecular complexity index is 373. The fourth-order valence-corrected chi connectivity index (χ4v) is 2.36. The molecule has 0 fully saturated rings. The van der Waals surface area contributed by atoms with Gasteiger partial charge in [-0.1, -0.05) is 25.4 Å². The lowest BCUT2D eigenvalue weighted by Crippen LogP contribution is -2.33. The van der Waals surface area contributed by atoms with Gasteiger partial charge in [0.15, 0.2) is 0 Å². The maximum atomic E-state index is 6.33. The first-order chi connectivity index (χ1) is 8.49. The molecule has 0 unspecified atom stereocenters. The molecule has 1 aromatic heterocycles. The Hall–Kier alpha value is -0.580. The van der Waals surface area contributed by atoms with E-state index in [0.717, 1.165) is 42.6 Å². The molecule has 1 rings (SSSR count). The first-order valence-corrected chi connectivity index (χ1v) is 7.01. The van der Waals surface area contributed by atoms with Crippen LogP contribution in [0, 0.1) is 12.8 Å². The number of aromatic nitrogens is 2. The summed E-state index contributed by atoms with van der Waals surface area (Å²) < 4.78 is 1.99. The lowest BCUT2D eigenvalue weighted by Gasteiger charge is -2.24. The van der Waals surface area contributed by atoms with Crippen molar-refractivity contribution in [1.29, 1.82) is 0 Å². The van der Waals surface area contributed by atoms with Crippen molar-refractivity contribution in [2.75, 3.05) is 19.6 Å². The van der Waals surface area contributed by atoms with Crippen molar-refractivity contribution in [1.82, 2.24) is 14.7 Å². The van der Waals surface area contributed by atoms with Crippen molar-refractivity contribution < 1.29 is 0 Å². The van der Waals surface area contributed by atoms with E-state index >= 15 is 0 Å². The Kier molecular flexibility index (Phi) is 6.12. The Morgan fingerprint density at radius 3 is 2.61 bits per heavy atom. The maximum Gasteiger partial charge on any atom is 0.0860 e. The Balaban J connectivity index is 2.85. The van der Waals surface area contributed by atoms with Crippen molar-refractivity contribution in [3.8, 4) is 0 Å². The summed E-state index contributed by atoms with van der Waals surface area (Å²) in [7, 11) is 0. The van der Waals surface area contributed by atoms with Crippen LogP contribution in [-0.4, -0.2) is 34.3 Å². The lowest BCUT2D eigenvalue weighted by atomic mass is 10.2. The van der Waals surface area contributed by atoms with E-state index in [1.165, 1.54) is 0 Å². The average Bonchev–Trinajstić information content (AvgIpc) is 2.56. The molecule has 1 aromatic rings. The summed E-state index contributed by atoms with van der Waals surface area (Å²) in [6.45, 7) is 12.7. The summed E-state index contributed by atoms with van der Waals surface area (Å²) in [6, 6.07) is 0. The molecule has 18 heavy (non-hydrogen) atoms. The van der Waals surface area contributed by atoms with Gasteiger partial charge in [0.25, 0.3) is 0 Å². The number of nitrogens with zero attached hydrogens (tertiary/aromatic N) is 3. The molecule has 0 aromatic carbocycles. The van der Waals surface area contributed by atoms with Gasteiger partial charge in [-0.2, -0.15) is 5.10 Å². The number of nitrogens with two attached hydrogens (primary N) is 1. The smallest absolute Gasteiger partial charge is 0.0860 e. The molecule has 0 spiro atoms. The van der Waals surface area contributed by atoms with Crippen molar-refractivity contribution in [2.45, 2.75) is 40.8 Å². The molecule has 0 aliphatic carbocycles. The predicted octanol–water partition coefficient (Wildman–Crippen LogP) is 2.28. The monoisotopic (exact) mass is 272 g/mol. The minimum atomic E-state index is 0.620. The summed E-state index contributed by atoms with van der Waals surface area (Å²) in [5, 5.41) is 5.24. The highest BCUT2D eigenvalue weighted by Gasteiger charge is 2.16. The van der Waals surface area contributed by atoms with Crippen LogP contribution in [0.15, 0.2) is 0 Å². The zero-order chi connectivity index (χ0) is 13.7. The highest BCUT2D eigenvalue weighted by Crippen LogP contribution is 2.22. The van der Waals surface area contributed by atoms with Crippen LogP contribution >= 0.6 is 11.6 Å². The molecular weight excluding hydrogens is 248 g/mol. The summed E-state index contributed by atoms with van der Waals surface area (Å²) in [4.78, 5) is 2.35. The Morgan fingerprint density at radius 2 is 2.11 bits per heavy atom. The van der Waals surface area contributed by atoms with Gasteiger partial charge in [0.05, 0.1) is 16.4 Å². The van der Waals surface area contributed by atoms with E-state index in [1.54, 1.807) is 0 Å². The highest BCUT2D eigenvalue weighted by molar-refractivity contribution is 6.31. The summed E-state index contributed by atoms with van der Waals surface area (Å²) in [5.74, 6) is 0.620. The van der Waals surface area contributed by atoms with Gasteiger partial charge < -0.3 is 5.73 Å². The number of rotatable bonds is 7. The van der Waals surface area contributed by atoms with Crippen molar-refractivity contribution >= 4 is 11.6 Å². The normalized spacial score (nSPS) is 11.8. The van der Waals surface area contributed by atoms with E-state index in [-0.39, 0.29) is 0 Å². The van der Waals surface area contributed by atoms with Crippen LogP contribution in [0.25, 0.3) is 0 Å². The Morgan fingerprint density at radius 1 is 1.44 bits per heavy atom. The third kappa shape index (κ3) is 3.97. The van der Waals surface area contributed by atoms with Gasteiger partial charge in [-0.05, 0) is 19.8 Å². The molecule has 0 bridgehead atoms. The largest absolute Gasteiger partial charge is 0.329 e. The number of halogens is 1. The SMILES string of the molecule is CCn1nc(C)c(Cl)c1CN(CCN)CC(C)C. The molecule has 0 amide bonds. The standard InChI is InChI=1S/C13H25ClN4/c1-5-18-12(13(14)11(4)16-18)9-17(7-6-15)8-10(2)3/h10H,5-9,15H2,1-4H3. The van der Waals surface area contributed by atoms with Gasteiger partial charge >= 0.3 is 0 Å². The minimum Gasteiger partial charge on any atom is -0.329 e. The van der Waals surface area contributed by atoms with Gasteiger partial charge in [0, 0.05) is 32.7 Å². The van der Waals surface area contributed by atoms with Crippen molar-refractivity contribution in [3.63, 3.8) is 0 Å². The van der Waals surface area contributed by atoms with Crippen LogP contribution in [0.5, 0.6) is 0 Å². The van der Waals surface area contributed by atoms with Crippen LogP contribution in [0.4, 0.5) is 0 Å². The predicted molar refractivity (Wildman–Crippen MR) is 76.8 cm³/mol. The third-order valence-electron chi connectivity index (χ3n) is 2.89. The fraction of sp³-hybridized carbons (Fsp3) is 0.769. The molecule has 0 aliphatic heterocycles. The molecule has 104 valence electrons. The van der Waals surface area contributed by atoms with E-state index in [0.29, 0.717) is 12.5 Å². The lowest BCUT2D eigenvalue weighted by molar-refractivity contribution is 0.236. The second kappa shape index (κ2) is 7.12. The maximum absolute atomic E-state index is 6.33. The summed E-state index contributed by atoms with van der Waals surface area (Å²) in [5.41, 5.74) is 7.69. The second-order valence-corrected chi connectivity index (χ2v) is 5.46. The quantitative estimate of drug-likeness (QED) is 0.828. The van der Waals surface area contributed by atoms with Gasteiger partial charge in [0.2, 0.25) is 0 Å². The molecule has 0 saturated heterocycles. The number of hydrogen-bond donors (Lipinski definition) is 1. The second-order valence-electron chi connectivity index (χ2n) is 5.08. The molecule has 0 atom stereocenters. The molecule has 0 aliphatic rings. The average molecular weight is 273 g/mol. The van der Waals surface area contributed by atoms with Crippen molar-refractivity contribution in [3.05, 3.63) is 16.4 Å². The summed E-state index contributed by atoms with van der Waals surface area (Å²) in [6.07, 6.45) is 0. The summed E-state index contributed by atoms with van der Waals surface area (Å²) >= 11 is 6.33. The number of hydrogen-bond acceptors (Lipinski definition) is 3. The van der Waals surface area contributed by atoms with Crippen LogP contribution in [-0.2, 0) is 13.1 Å². The molecule has 1 heterocycles. The van der Waals surface area contributed by atoms with E-state index in [9.17, 15) is 0 Å². The van der Waals surface area contributed by atoms with E-state index < -0.39 is 0 Å². The van der Waals surface area contributed by atoms with Gasteiger partial charge in [-0.3, -0.25) is 9.58 Å². The molecule has 0 saturated carbocycles. The first-order valence-electron chi connectivity index (χ1n) is 6.63. The van der Waals surface area contributed by atoms with E-state index in [2.05, 4.69) is 30.8 Å².